The maximum absolute atomic E-state index is 12.9. The molecule has 1 amide bonds. The number of hydrogen-bond acceptors (Lipinski definition) is 3. The van der Waals surface area contributed by atoms with Crippen molar-refractivity contribution in [3.05, 3.63) is 34.3 Å². The minimum absolute atomic E-state index is 0.205. The van der Waals surface area contributed by atoms with Crippen LogP contribution < -0.4 is 0 Å². The molecule has 2 heterocycles. The fourth-order valence-corrected chi connectivity index (χ4v) is 5.36. The largest absolute Gasteiger partial charge is 0.373 e. The third-order valence-electron chi connectivity index (χ3n) is 6.32. The van der Waals surface area contributed by atoms with Crippen LogP contribution in [0.4, 0.5) is 0 Å². The van der Waals surface area contributed by atoms with Crippen molar-refractivity contribution in [2.75, 3.05) is 32.7 Å². The molecule has 0 radical (unpaired) electrons. The molecule has 148 valence electrons. The number of piperidine rings is 1. The molecular formula is C22H31BrN2O2. The van der Waals surface area contributed by atoms with Gasteiger partial charge in [-0.1, -0.05) is 28.1 Å². The van der Waals surface area contributed by atoms with Gasteiger partial charge < -0.3 is 9.64 Å². The minimum Gasteiger partial charge on any atom is -0.373 e. The summed E-state index contributed by atoms with van der Waals surface area (Å²) in [6, 6.07) is 8.43. The van der Waals surface area contributed by atoms with Crippen LogP contribution in [0, 0.1) is 11.8 Å². The first-order chi connectivity index (χ1) is 13.0. The molecule has 0 N–H and O–H groups in total. The van der Waals surface area contributed by atoms with Crippen LogP contribution in [-0.4, -0.2) is 60.6 Å². The van der Waals surface area contributed by atoms with E-state index in [2.05, 4.69) is 57.8 Å². The Hall–Kier alpha value is -0.910. The zero-order valence-electron chi connectivity index (χ0n) is 16.4. The Balaban J connectivity index is 1.24. The summed E-state index contributed by atoms with van der Waals surface area (Å²) < 4.78 is 6.95. The molecule has 1 aromatic carbocycles. The molecule has 2 aliphatic heterocycles. The second-order valence-corrected chi connectivity index (χ2v) is 9.66. The minimum atomic E-state index is 0.205. The van der Waals surface area contributed by atoms with Crippen LogP contribution in [0.3, 0.4) is 0 Å². The van der Waals surface area contributed by atoms with Gasteiger partial charge in [-0.15, -0.1) is 0 Å². The Morgan fingerprint density at radius 1 is 1.19 bits per heavy atom. The highest BCUT2D eigenvalue weighted by Crippen LogP contribution is 2.49. The molecule has 27 heavy (non-hydrogen) atoms. The third-order valence-corrected chi connectivity index (χ3v) is 6.82. The van der Waals surface area contributed by atoms with Gasteiger partial charge in [0.2, 0.25) is 5.91 Å². The summed E-state index contributed by atoms with van der Waals surface area (Å²) in [6.07, 6.45) is 3.96. The number of morpholine rings is 1. The number of ether oxygens (including phenoxy) is 1. The van der Waals surface area contributed by atoms with E-state index < -0.39 is 0 Å². The quantitative estimate of drug-likeness (QED) is 0.719. The maximum atomic E-state index is 12.9. The number of hydrogen-bond donors (Lipinski definition) is 0. The Labute approximate surface area is 171 Å². The number of carbonyl (C=O) groups excluding carboxylic acids is 1. The van der Waals surface area contributed by atoms with Crippen LogP contribution in [0.15, 0.2) is 28.7 Å². The highest BCUT2D eigenvalue weighted by Gasteiger charge is 2.46. The molecular weight excluding hydrogens is 404 g/mol. The van der Waals surface area contributed by atoms with Crippen LogP contribution in [0.1, 0.15) is 44.6 Å². The lowest BCUT2D eigenvalue weighted by Crippen LogP contribution is -2.48. The fraction of sp³-hybridized carbons (Fsp3) is 0.682. The molecule has 4 atom stereocenters. The lowest BCUT2D eigenvalue weighted by atomic mass is 9.95. The molecule has 1 aliphatic carbocycles. The highest BCUT2D eigenvalue weighted by atomic mass is 79.9. The molecule has 4 nitrogen and oxygen atoms in total. The maximum Gasteiger partial charge on any atom is 0.226 e. The summed E-state index contributed by atoms with van der Waals surface area (Å²) in [5, 5.41) is 0. The molecule has 1 aromatic rings. The van der Waals surface area contributed by atoms with Crippen molar-refractivity contribution in [1.29, 1.82) is 0 Å². The van der Waals surface area contributed by atoms with Crippen LogP contribution in [0.2, 0.25) is 0 Å². The van der Waals surface area contributed by atoms with Gasteiger partial charge in [-0.2, -0.15) is 0 Å². The SMILES string of the molecule is CC1CN(CC2CCN(C(=O)C3CC3c3cccc(Br)c3)CC2)CC(C)O1. The summed E-state index contributed by atoms with van der Waals surface area (Å²) >= 11 is 3.54. The topological polar surface area (TPSA) is 32.8 Å². The van der Waals surface area contributed by atoms with E-state index in [1.807, 2.05) is 6.07 Å². The van der Waals surface area contributed by atoms with E-state index in [0.717, 1.165) is 56.5 Å². The number of benzene rings is 1. The summed E-state index contributed by atoms with van der Waals surface area (Å²) in [4.78, 5) is 17.6. The standard InChI is InChI=1S/C22H31BrN2O2/c1-15-12-24(13-16(2)27-15)14-17-6-8-25(9-7-17)22(26)21-11-20(21)18-4-3-5-19(23)10-18/h3-5,10,15-17,20-21H,6-9,11-14H2,1-2H3. The molecule has 4 unspecified atom stereocenters. The number of rotatable bonds is 4. The van der Waals surface area contributed by atoms with Gasteiger partial charge in [-0.25, -0.2) is 0 Å². The number of halogens is 1. The Morgan fingerprint density at radius 3 is 2.56 bits per heavy atom. The molecule has 3 aliphatic rings. The zero-order valence-corrected chi connectivity index (χ0v) is 18.0. The zero-order chi connectivity index (χ0) is 19.0. The average molecular weight is 435 g/mol. The van der Waals surface area contributed by atoms with Crippen LogP contribution in [-0.2, 0) is 9.53 Å². The van der Waals surface area contributed by atoms with Gasteiger partial charge in [-0.3, -0.25) is 9.69 Å². The summed E-state index contributed by atoms with van der Waals surface area (Å²) in [5.41, 5.74) is 1.30. The summed E-state index contributed by atoms with van der Waals surface area (Å²) in [7, 11) is 0. The first-order valence-corrected chi connectivity index (χ1v) is 11.2. The van der Waals surface area contributed by atoms with Crippen molar-refractivity contribution in [1.82, 2.24) is 9.80 Å². The molecule has 0 aromatic heterocycles. The molecule has 0 bridgehead atoms. The second kappa shape index (κ2) is 8.22. The van der Waals surface area contributed by atoms with Crippen LogP contribution >= 0.6 is 15.9 Å². The van der Waals surface area contributed by atoms with Gasteiger partial charge in [0.15, 0.2) is 0 Å². The lowest BCUT2D eigenvalue weighted by Gasteiger charge is -2.39. The van der Waals surface area contributed by atoms with E-state index >= 15 is 0 Å². The van der Waals surface area contributed by atoms with E-state index in [9.17, 15) is 4.79 Å². The first kappa shape index (κ1) is 19.4. The normalized spacial score (nSPS) is 32.5. The Morgan fingerprint density at radius 2 is 1.89 bits per heavy atom. The number of amides is 1. The Kier molecular flexibility index (Phi) is 5.91. The van der Waals surface area contributed by atoms with E-state index in [1.54, 1.807) is 0 Å². The third kappa shape index (κ3) is 4.75. The second-order valence-electron chi connectivity index (χ2n) is 8.75. The van der Waals surface area contributed by atoms with Crippen molar-refractivity contribution in [3.63, 3.8) is 0 Å². The van der Waals surface area contributed by atoms with E-state index in [4.69, 9.17) is 4.74 Å². The molecule has 4 rings (SSSR count). The number of nitrogens with zero attached hydrogens (tertiary/aromatic N) is 2. The molecule has 3 fully saturated rings. The van der Waals surface area contributed by atoms with Crippen molar-refractivity contribution in [2.24, 2.45) is 11.8 Å². The van der Waals surface area contributed by atoms with Crippen molar-refractivity contribution in [2.45, 2.75) is 51.2 Å². The van der Waals surface area contributed by atoms with Crippen LogP contribution in [0.25, 0.3) is 0 Å². The smallest absolute Gasteiger partial charge is 0.226 e. The molecule has 1 saturated carbocycles. The average Bonchev–Trinajstić information content (AvgIpc) is 3.42. The van der Waals surface area contributed by atoms with Crippen molar-refractivity contribution in [3.8, 4) is 0 Å². The molecule has 5 heteroatoms. The predicted molar refractivity (Wildman–Crippen MR) is 111 cm³/mol. The summed E-state index contributed by atoms with van der Waals surface area (Å²) in [6.45, 7) is 9.44. The molecule has 2 saturated heterocycles. The van der Waals surface area contributed by atoms with E-state index in [-0.39, 0.29) is 5.92 Å². The first-order valence-electron chi connectivity index (χ1n) is 10.4. The highest BCUT2D eigenvalue weighted by molar-refractivity contribution is 9.10. The van der Waals surface area contributed by atoms with E-state index in [1.165, 1.54) is 5.56 Å². The molecule has 0 spiro atoms. The van der Waals surface area contributed by atoms with Crippen LogP contribution in [0.5, 0.6) is 0 Å². The van der Waals surface area contributed by atoms with Gasteiger partial charge in [0.25, 0.3) is 0 Å². The predicted octanol–water partition coefficient (Wildman–Crippen LogP) is 3.90. The van der Waals surface area contributed by atoms with Gasteiger partial charge in [0.1, 0.15) is 0 Å². The number of carbonyl (C=O) groups is 1. The lowest BCUT2D eigenvalue weighted by molar-refractivity contribution is -0.134. The van der Waals surface area contributed by atoms with Gasteiger partial charge >= 0.3 is 0 Å². The summed E-state index contributed by atoms with van der Waals surface area (Å²) in [5.74, 6) is 1.72. The Bertz CT molecular complexity index is 664. The van der Waals surface area contributed by atoms with Gasteiger partial charge in [0, 0.05) is 43.1 Å². The van der Waals surface area contributed by atoms with E-state index in [0.29, 0.717) is 30.0 Å². The van der Waals surface area contributed by atoms with Crippen molar-refractivity contribution < 1.29 is 9.53 Å². The monoisotopic (exact) mass is 434 g/mol. The van der Waals surface area contributed by atoms with Gasteiger partial charge in [0.05, 0.1) is 12.2 Å². The van der Waals surface area contributed by atoms with Crippen molar-refractivity contribution >= 4 is 21.8 Å². The number of likely N-dealkylation sites (tertiary alicyclic amines) is 1. The van der Waals surface area contributed by atoms with Gasteiger partial charge in [-0.05, 0) is 62.6 Å². The fourth-order valence-electron chi connectivity index (χ4n) is 4.94.